The predicted molar refractivity (Wildman–Crippen MR) is 80.8 cm³/mol. The number of unbranched alkanes of at least 4 members (excludes halogenated alkanes) is 3. The number of halogens is 2. The van der Waals surface area contributed by atoms with Gasteiger partial charge in [0.1, 0.15) is 5.82 Å². The first kappa shape index (κ1) is 15.4. The molecule has 0 atom stereocenters. The molecule has 0 aliphatic carbocycles. The third kappa shape index (κ3) is 5.33. The number of carbonyl (C=O) groups excluding carboxylic acids is 1. The summed E-state index contributed by atoms with van der Waals surface area (Å²) in [4.78, 5) is 11.7. The van der Waals surface area contributed by atoms with E-state index in [0.29, 0.717) is 6.54 Å². The Labute approximate surface area is 121 Å². The van der Waals surface area contributed by atoms with Crippen molar-refractivity contribution in [3.63, 3.8) is 0 Å². The molecule has 18 heavy (non-hydrogen) atoms. The highest BCUT2D eigenvalue weighted by atomic mass is 127. The first-order chi connectivity index (χ1) is 8.65. The maximum Gasteiger partial charge on any atom is 0.254 e. The van der Waals surface area contributed by atoms with Gasteiger partial charge in [-0.15, -0.1) is 0 Å². The standard InChI is InChI=1S/C14H19FINO/c1-11-6-7-12(13(15)10-11)14(18)17-9-5-3-2-4-8-16/h6-7,10H,2-5,8-9H2,1H3,(H,17,18). The number of amides is 1. The predicted octanol–water partition coefficient (Wildman–Crippen LogP) is 3.86. The Bertz CT molecular complexity index is 395. The fraction of sp³-hybridized carbons (Fsp3) is 0.500. The molecule has 0 spiro atoms. The Hall–Kier alpha value is -0.650. The average Bonchev–Trinajstić information content (AvgIpc) is 2.33. The van der Waals surface area contributed by atoms with Crippen LogP contribution in [-0.2, 0) is 0 Å². The fourth-order valence-corrected chi connectivity index (χ4v) is 2.21. The molecule has 0 unspecified atom stereocenters. The summed E-state index contributed by atoms with van der Waals surface area (Å²) in [6.07, 6.45) is 4.48. The molecule has 0 fully saturated rings. The number of alkyl halides is 1. The number of benzene rings is 1. The zero-order valence-corrected chi connectivity index (χ0v) is 12.8. The molecule has 2 nitrogen and oxygen atoms in total. The number of hydrogen-bond acceptors (Lipinski definition) is 1. The number of carbonyl (C=O) groups is 1. The zero-order valence-electron chi connectivity index (χ0n) is 10.6. The first-order valence-electron chi connectivity index (χ1n) is 6.25. The van der Waals surface area contributed by atoms with Gasteiger partial charge in [0.05, 0.1) is 5.56 Å². The first-order valence-corrected chi connectivity index (χ1v) is 7.78. The Morgan fingerprint density at radius 2 is 2.00 bits per heavy atom. The van der Waals surface area contributed by atoms with Crippen LogP contribution in [0.1, 0.15) is 41.6 Å². The maximum absolute atomic E-state index is 13.5. The molecule has 100 valence electrons. The SMILES string of the molecule is Cc1ccc(C(=O)NCCCCCCI)c(F)c1. The largest absolute Gasteiger partial charge is 0.352 e. The molecule has 0 saturated carbocycles. The lowest BCUT2D eigenvalue weighted by molar-refractivity contribution is 0.0949. The Balaban J connectivity index is 2.32. The molecule has 1 amide bonds. The fourth-order valence-electron chi connectivity index (χ4n) is 1.67. The van der Waals surface area contributed by atoms with E-state index in [2.05, 4.69) is 27.9 Å². The third-order valence-corrected chi connectivity index (χ3v) is 3.48. The molecule has 0 saturated heterocycles. The van der Waals surface area contributed by atoms with E-state index in [0.717, 1.165) is 18.4 Å². The molecule has 0 radical (unpaired) electrons. The second-order valence-corrected chi connectivity index (χ2v) is 5.42. The van der Waals surface area contributed by atoms with Crippen molar-refractivity contribution in [2.24, 2.45) is 0 Å². The van der Waals surface area contributed by atoms with Gasteiger partial charge < -0.3 is 5.32 Å². The molecule has 0 aromatic heterocycles. The molecule has 1 aromatic carbocycles. The van der Waals surface area contributed by atoms with Crippen molar-refractivity contribution in [2.75, 3.05) is 11.0 Å². The van der Waals surface area contributed by atoms with Crippen LogP contribution in [0.15, 0.2) is 18.2 Å². The van der Waals surface area contributed by atoms with Gasteiger partial charge in [-0.2, -0.15) is 0 Å². The van der Waals surface area contributed by atoms with Crippen molar-refractivity contribution in [1.82, 2.24) is 5.32 Å². The topological polar surface area (TPSA) is 29.1 Å². The van der Waals surface area contributed by atoms with Gasteiger partial charge in [0.15, 0.2) is 0 Å². The Morgan fingerprint density at radius 3 is 2.67 bits per heavy atom. The number of nitrogens with one attached hydrogen (secondary N) is 1. The summed E-state index contributed by atoms with van der Waals surface area (Å²) in [5.41, 5.74) is 0.954. The minimum absolute atomic E-state index is 0.132. The van der Waals surface area contributed by atoms with Gasteiger partial charge >= 0.3 is 0 Å². The molecule has 0 aliphatic heterocycles. The van der Waals surface area contributed by atoms with Gasteiger partial charge in [-0.3, -0.25) is 4.79 Å². The van der Waals surface area contributed by atoms with Crippen molar-refractivity contribution >= 4 is 28.5 Å². The van der Waals surface area contributed by atoms with Gasteiger partial charge in [-0.25, -0.2) is 4.39 Å². The van der Waals surface area contributed by atoms with Crippen molar-refractivity contribution in [2.45, 2.75) is 32.6 Å². The van der Waals surface area contributed by atoms with E-state index in [9.17, 15) is 9.18 Å². The van der Waals surface area contributed by atoms with Crippen LogP contribution in [0, 0.1) is 12.7 Å². The highest BCUT2D eigenvalue weighted by molar-refractivity contribution is 14.1. The minimum atomic E-state index is -0.447. The molecular formula is C14H19FINO. The van der Waals surface area contributed by atoms with E-state index in [1.54, 1.807) is 13.0 Å². The molecule has 1 rings (SSSR count). The van der Waals surface area contributed by atoms with Crippen LogP contribution in [-0.4, -0.2) is 16.9 Å². The molecule has 0 aliphatic rings. The normalized spacial score (nSPS) is 10.4. The Morgan fingerprint density at radius 1 is 1.28 bits per heavy atom. The summed E-state index contributed by atoms with van der Waals surface area (Å²) >= 11 is 2.36. The van der Waals surface area contributed by atoms with Crippen molar-refractivity contribution < 1.29 is 9.18 Å². The van der Waals surface area contributed by atoms with Crippen LogP contribution < -0.4 is 5.32 Å². The number of hydrogen-bond donors (Lipinski definition) is 1. The quantitative estimate of drug-likeness (QED) is 0.445. The summed E-state index contributed by atoms with van der Waals surface area (Å²) in [5, 5.41) is 2.76. The van der Waals surface area contributed by atoms with E-state index >= 15 is 0 Å². The summed E-state index contributed by atoms with van der Waals surface area (Å²) in [6, 6.07) is 4.67. The molecular weight excluding hydrogens is 344 g/mol. The highest BCUT2D eigenvalue weighted by Gasteiger charge is 2.10. The second-order valence-electron chi connectivity index (χ2n) is 4.34. The van der Waals surface area contributed by atoms with Crippen LogP contribution in [0.3, 0.4) is 0 Å². The van der Waals surface area contributed by atoms with Crippen LogP contribution >= 0.6 is 22.6 Å². The van der Waals surface area contributed by atoms with E-state index in [-0.39, 0.29) is 11.5 Å². The van der Waals surface area contributed by atoms with Gasteiger partial charge in [0.2, 0.25) is 0 Å². The van der Waals surface area contributed by atoms with E-state index in [1.807, 2.05) is 0 Å². The summed E-state index contributed by atoms with van der Waals surface area (Å²) < 4.78 is 14.7. The van der Waals surface area contributed by atoms with Crippen LogP contribution in [0.4, 0.5) is 4.39 Å². The number of rotatable bonds is 7. The Kier molecular flexibility index (Phi) is 7.23. The molecule has 1 N–H and O–H groups in total. The van der Waals surface area contributed by atoms with Gasteiger partial charge in [-0.1, -0.05) is 41.5 Å². The van der Waals surface area contributed by atoms with Gasteiger partial charge in [0, 0.05) is 6.54 Å². The van der Waals surface area contributed by atoms with Crippen molar-refractivity contribution in [3.05, 3.63) is 35.1 Å². The summed E-state index contributed by atoms with van der Waals surface area (Å²) in [6.45, 7) is 2.42. The smallest absolute Gasteiger partial charge is 0.254 e. The molecule has 1 aromatic rings. The lowest BCUT2D eigenvalue weighted by atomic mass is 10.1. The lowest BCUT2D eigenvalue weighted by Gasteiger charge is -2.06. The van der Waals surface area contributed by atoms with E-state index < -0.39 is 5.82 Å². The number of aryl methyl sites for hydroxylation is 1. The van der Waals surface area contributed by atoms with Crippen molar-refractivity contribution in [3.8, 4) is 0 Å². The molecule has 0 heterocycles. The highest BCUT2D eigenvalue weighted by Crippen LogP contribution is 2.09. The third-order valence-electron chi connectivity index (χ3n) is 2.72. The van der Waals surface area contributed by atoms with Crippen LogP contribution in [0.5, 0.6) is 0 Å². The van der Waals surface area contributed by atoms with E-state index in [4.69, 9.17) is 0 Å². The zero-order chi connectivity index (χ0) is 13.4. The second kappa shape index (κ2) is 8.45. The monoisotopic (exact) mass is 363 g/mol. The van der Waals surface area contributed by atoms with E-state index in [1.165, 1.54) is 29.4 Å². The van der Waals surface area contributed by atoms with Gasteiger partial charge in [-0.05, 0) is 41.9 Å². The van der Waals surface area contributed by atoms with Crippen LogP contribution in [0.25, 0.3) is 0 Å². The van der Waals surface area contributed by atoms with Crippen molar-refractivity contribution in [1.29, 1.82) is 0 Å². The summed E-state index contributed by atoms with van der Waals surface area (Å²) in [5.74, 6) is -0.765. The average molecular weight is 363 g/mol. The molecule has 0 bridgehead atoms. The maximum atomic E-state index is 13.5. The van der Waals surface area contributed by atoms with Gasteiger partial charge in [0.25, 0.3) is 5.91 Å². The van der Waals surface area contributed by atoms with Crippen LogP contribution in [0.2, 0.25) is 0 Å². The minimum Gasteiger partial charge on any atom is -0.352 e. The summed E-state index contributed by atoms with van der Waals surface area (Å²) in [7, 11) is 0. The molecule has 4 heteroatoms. The lowest BCUT2D eigenvalue weighted by Crippen LogP contribution is -2.25.